The van der Waals surface area contributed by atoms with Crippen LogP contribution in [0.15, 0.2) is 22.6 Å². The Bertz CT molecular complexity index is 710. The zero-order chi connectivity index (χ0) is 12.2. The summed E-state index contributed by atoms with van der Waals surface area (Å²) in [6.45, 7) is 1.82. The first-order valence-electron chi connectivity index (χ1n) is 4.82. The second-order valence-electron chi connectivity index (χ2n) is 3.67. The number of aryl methyl sites for hydroxylation is 1. The molecule has 17 heavy (non-hydrogen) atoms. The van der Waals surface area contributed by atoms with E-state index >= 15 is 0 Å². The SMILES string of the molecule is Cc1nc2c(ccc3oc(C(F)(F)F)cc32)s1. The lowest BCUT2D eigenvalue weighted by Crippen LogP contribution is -2.01. The van der Waals surface area contributed by atoms with Gasteiger partial charge in [-0.15, -0.1) is 11.3 Å². The van der Waals surface area contributed by atoms with Gasteiger partial charge in [0.2, 0.25) is 5.76 Å². The van der Waals surface area contributed by atoms with Crippen molar-refractivity contribution >= 4 is 32.5 Å². The Hall–Kier alpha value is -1.56. The fourth-order valence-electron chi connectivity index (χ4n) is 1.75. The highest BCUT2D eigenvalue weighted by Crippen LogP contribution is 2.37. The van der Waals surface area contributed by atoms with E-state index in [0.717, 1.165) is 15.8 Å². The van der Waals surface area contributed by atoms with Gasteiger partial charge in [0.05, 0.1) is 15.2 Å². The van der Waals surface area contributed by atoms with E-state index in [0.29, 0.717) is 10.9 Å². The number of rotatable bonds is 0. The molecule has 0 fully saturated rings. The van der Waals surface area contributed by atoms with Gasteiger partial charge in [0.25, 0.3) is 0 Å². The van der Waals surface area contributed by atoms with E-state index in [1.54, 1.807) is 12.1 Å². The first kappa shape index (κ1) is 10.6. The summed E-state index contributed by atoms with van der Waals surface area (Å²) in [5, 5.41) is 1.24. The predicted octanol–water partition coefficient (Wildman–Crippen LogP) is 4.37. The molecule has 0 bridgehead atoms. The van der Waals surface area contributed by atoms with Gasteiger partial charge in [-0.25, -0.2) is 4.98 Å². The highest BCUT2D eigenvalue weighted by molar-refractivity contribution is 7.18. The molecule has 3 rings (SSSR count). The monoisotopic (exact) mass is 257 g/mol. The molecule has 2 aromatic heterocycles. The fraction of sp³-hybridized carbons (Fsp3) is 0.182. The van der Waals surface area contributed by atoms with Gasteiger partial charge in [0.15, 0.2) is 0 Å². The molecule has 1 aromatic carbocycles. The van der Waals surface area contributed by atoms with Crippen molar-refractivity contribution in [3.05, 3.63) is 29.0 Å². The topological polar surface area (TPSA) is 26.0 Å². The lowest BCUT2D eigenvalue weighted by Gasteiger charge is -1.98. The van der Waals surface area contributed by atoms with Crippen LogP contribution in [0.4, 0.5) is 13.2 Å². The summed E-state index contributed by atoms with van der Waals surface area (Å²) >= 11 is 1.45. The minimum Gasteiger partial charge on any atom is -0.451 e. The fourth-order valence-corrected chi connectivity index (χ4v) is 2.60. The van der Waals surface area contributed by atoms with Crippen LogP contribution >= 0.6 is 11.3 Å². The summed E-state index contributed by atoms with van der Waals surface area (Å²) in [5.74, 6) is -0.981. The first-order valence-corrected chi connectivity index (χ1v) is 5.64. The molecule has 0 amide bonds. The number of furan rings is 1. The van der Waals surface area contributed by atoms with Crippen LogP contribution in [0.1, 0.15) is 10.8 Å². The molecule has 0 spiro atoms. The molecule has 0 aliphatic heterocycles. The molecule has 88 valence electrons. The molecule has 0 saturated heterocycles. The average molecular weight is 257 g/mol. The second kappa shape index (κ2) is 3.22. The van der Waals surface area contributed by atoms with E-state index in [1.807, 2.05) is 6.92 Å². The molecule has 0 unspecified atom stereocenters. The van der Waals surface area contributed by atoms with Crippen molar-refractivity contribution in [2.45, 2.75) is 13.1 Å². The third-order valence-electron chi connectivity index (χ3n) is 2.44. The van der Waals surface area contributed by atoms with E-state index in [9.17, 15) is 13.2 Å². The third-order valence-corrected chi connectivity index (χ3v) is 3.38. The Morgan fingerprint density at radius 3 is 2.76 bits per heavy atom. The largest absolute Gasteiger partial charge is 0.451 e. The first-order chi connectivity index (χ1) is 7.95. The molecule has 0 atom stereocenters. The normalized spacial score (nSPS) is 12.7. The quantitative estimate of drug-likeness (QED) is 0.597. The summed E-state index contributed by atoms with van der Waals surface area (Å²) in [7, 11) is 0. The van der Waals surface area contributed by atoms with Gasteiger partial charge in [-0.3, -0.25) is 0 Å². The van der Waals surface area contributed by atoms with Crippen LogP contribution in [0.2, 0.25) is 0 Å². The van der Waals surface area contributed by atoms with Gasteiger partial charge in [0, 0.05) is 5.39 Å². The number of alkyl halides is 3. The van der Waals surface area contributed by atoms with Gasteiger partial charge in [0.1, 0.15) is 5.58 Å². The average Bonchev–Trinajstić information content (AvgIpc) is 2.76. The van der Waals surface area contributed by atoms with Crippen molar-refractivity contribution < 1.29 is 17.6 Å². The smallest absolute Gasteiger partial charge is 0.449 e. The molecule has 3 aromatic rings. The van der Waals surface area contributed by atoms with Gasteiger partial charge < -0.3 is 4.42 Å². The van der Waals surface area contributed by atoms with Gasteiger partial charge in [-0.2, -0.15) is 13.2 Å². The molecule has 6 heteroatoms. The van der Waals surface area contributed by atoms with Gasteiger partial charge in [-0.1, -0.05) is 0 Å². The second-order valence-corrected chi connectivity index (χ2v) is 4.90. The minimum absolute atomic E-state index is 0.218. The van der Waals surface area contributed by atoms with Crippen molar-refractivity contribution in [2.75, 3.05) is 0 Å². The molecular formula is C11H6F3NOS. The number of nitrogens with zero attached hydrogens (tertiary/aromatic N) is 1. The van der Waals surface area contributed by atoms with E-state index in [-0.39, 0.29) is 5.58 Å². The molecule has 0 saturated carbocycles. The highest BCUT2D eigenvalue weighted by Gasteiger charge is 2.35. The van der Waals surface area contributed by atoms with Crippen LogP contribution in [-0.4, -0.2) is 4.98 Å². The maximum atomic E-state index is 12.5. The van der Waals surface area contributed by atoms with Gasteiger partial charge in [-0.05, 0) is 25.1 Å². The Labute approximate surface area is 97.7 Å². The Morgan fingerprint density at radius 2 is 2.06 bits per heavy atom. The van der Waals surface area contributed by atoms with Crippen molar-refractivity contribution in [3.8, 4) is 0 Å². The molecular weight excluding hydrogens is 251 g/mol. The standard InChI is InChI=1S/C11H6F3NOS/c1-5-15-10-6-4-9(11(12,13)14)16-7(6)2-3-8(10)17-5/h2-4H,1H3. The summed E-state index contributed by atoms with van der Waals surface area (Å²) in [4.78, 5) is 4.23. The van der Waals surface area contributed by atoms with Crippen LogP contribution < -0.4 is 0 Å². The molecule has 0 radical (unpaired) electrons. The maximum Gasteiger partial charge on any atom is 0.449 e. The summed E-state index contributed by atoms with van der Waals surface area (Å²) in [6.07, 6.45) is -4.46. The van der Waals surface area contributed by atoms with E-state index < -0.39 is 11.9 Å². The lowest BCUT2D eigenvalue weighted by molar-refractivity contribution is -0.152. The van der Waals surface area contributed by atoms with Crippen molar-refractivity contribution in [2.24, 2.45) is 0 Å². The van der Waals surface area contributed by atoms with Crippen LogP contribution in [0.25, 0.3) is 21.2 Å². The number of benzene rings is 1. The molecule has 0 N–H and O–H groups in total. The Balaban J connectivity index is 2.38. The van der Waals surface area contributed by atoms with Crippen molar-refractivity contribution in [3.63, 3.8) is 0 Å². The lowest BCUT2D eigenvalue weighted by atomic mass is 10.2. The zero-order valence-corrected chi connectivity index (χ0v) is 9.45. The number of thiazole rings is 1. The van der Waals surface area contributed by atoms with E-state index in [4.69, 9.17) is 4.42 Å². The van der Waals surface area contributed by atoms with Crippen LogP contribution in [-0.2, 0) is 6.18 Å². The summed E-state index contributed by atoms with van der Waals surface area (Å²) in [5.41, 5.74) is 0.791. The number of hydrogen-bond acceptors (Lipinski definition) is 3. The van der Waals surface area contributed by atoms with Crippen LogP contribution in [0.3, 0.4) is 0 Å². The van der Waals surface area contributed by atoms with Gasteiger partial charge >= 0.3 is 6.18 Å². The molecule has 2 heterocycles. The van der Waals surface area contributed by atoms with E-state index in [2.05, 4.69) is 4.98 Å². The van der Waals surface area contributed by atoms with Crippen LogP contribution in [0, 0.1) is 6.92 Å². The third kappa shape index (κ3) is 1.59. The van der Waals surface area contributed by atoms with Crippen molar-refractivity contribution in [1.29, 1.82) is 0 Å². The maximum absolute atomic E-state index is 12.5. The molecule has 0 aliphatic carbocycles. The van der Waals surface area contributed by atoms with Crippen molar-refractivity contribution in [1.82, 2.24) is 4.98 Å². The number of halogens is 3. The Kier molecular flexibility index (Phi) is 2.01. The zero-order valence-electron chi connectivity index (χ0n) is 8.63. The number of fused-ring (bicyclic) bond motifs is 3. The number of hydrogen-bond donors (Lipinski definition) is 0. The summed E-state index contributed by atoms with van der Waals surface area (Å²) in [6, 6.07) is 4.29. The van der Waals surface area contributed by atoms with Crippen LogP contribution in [0.5, 0.6) is 0 Å². The Morgan fingerprint density at radius 1 is 1.29 bits per heavy atom. The summed E-state index contributed by atoms with van der Waals surface area (Å²) < 4.78 is 43.2. The van der Waals surface area contributed by atoms with E-state index in [1.165, 1.54) is 11.3 Å². The highest BCUT2D eigenvalue weighted by atomic mass is 32.1. The molecule has 0 aliphatic rings. The predicted molar refractivity (Wildman–Crippen MR) is 59.1 cm³/mol. The molecule has 2 nitrogen and oxygen atoms in total. The number of aromatic nitrogens is 1. The minimum atomic E-state index is -4.46.